The first-order valence-corrected chi connectivity index (χ1v) is 35.4. The van der Waals surface area contributed by atoms with Gasteiger partial charge in [-0.05, 0) is 184 Å². The molecule has 0 saturated heterocycles. The minimum absolute atomic E-state index is 0.105. The third-order valence-electron chi connectivity index (χ3n) is 15.8. The lowest BCUT2D eigenvalue weighted by atomic mass is 9.82. The van der Waals surface area contributed by atoms with Crippen molar-refractivity contribution >= 4 is 166 Å². The van der Waals surface area contributed by atoms with E-state index in [1.165, 1.54) is 109 Å². The predicted molar refractivity (Wildman–Crippen MR) is 425 cm³/mol. The number of fused-ring (bicyclic) bond motifs is 6. The highest BCUT2D eigenvalue weighted by Crippen LogP contribution is 2.49. The highest BCUT2D eigenvalue weighted by atomic mass is 79.9. The van der Waals surface area contributed by atoms with E-state index in [-0.39, 0.29) is 40.1 Å². The quantitative estimate of drug-likeness (QED) is 0.155. The van der Waals surface area contributed by atoms with Crippen LogP contribution in [0.2, 0.25) is 0 Å². The number of nitrogens with zero attached hydrogens (tertiary/aromatic N) is 1. The number of aromatic nitrogens is 1. The van der Waals surface area contributed by atoms with E-state index in [2.05, 4.69) is 379 Å². The molecule has 1 heterocycles. The molecular formula is C85H62Br7N. The summed E-state index contributed by atoms with van der Waals surface area (Å²) in [6.07, 6.45) is 0. The van der Waals surface area contributed by atoms with Crippen LogP contribution in [0.1, 0.15) is 31.8 Å². The molecule has 0 fully saturated rings. The SMILES string of the molecule is Brc1ccc(-c2ccccc2)cc1.Brc1ccc2ccc3cccc4ccc1c2c34.Brc1cccc(-c2ccccc2)c1.Brc1cccc2c3ccccc3n(-c3ccccc3)c12.Brc1ccccc1.CC1(C)c2ccccc2-c2ccc(Br)cc21.[2H]c1c([2H])c([2H])c(Br)c([2H])c1[2H]. The highest BCUT2D eigenvalue weighted by Gasteiger charge is 2.35. The normalized spacial score (nSPS) is 12.1. The van der Waals surface area contributed by atoms with Gasteiger partial charge in [0.2, 0.25) is 0 Å². The maximum Gasteiger partial charge on any atom is 0.0683 e. The number of hydrogen-bond acceptors (Lipinski definition) is 0. The van der Waals surface area contributed by atoms with Crippen molar-refractivity contribution in [1.82, 2.24) is 4.57 Å². The van der Waals surface area contributed by atoms with Gasteiger partial charge in [0, 0.05) is 53.2 Å². The molecule has 0 amide bonds. The Labute approximate surface area is 611 Å². The van der Waals surface area contributed by atoms with E-state index in [4.69, 9.17) is 6.85 Å². The first kappa shape index (κ1) is 60.4. The van der Waals surface area contributed by atoms with Gasteiger partial charge in [-0.1, -0.05) is 358 Å². The molecule has 0 unspecified atom stereocenters. The lowest BCUT2D eigenvalue weighted by molar-refractivity contribution is 0.660. The van der Waals surface area contributed by atoms with Gasteiger partial charge >= 0.3 is 0 Å². The van der Waals surface area contributed by atoms with Crippen LogP contribution in [0.4, 0.5) is 0 Å². The molecule has 0 aliphatic heterocycles. The Hall–Kier alpha value is -7.50. The molecule has 17 rings (SSSR count). The van der Waals surface area contributed by atoms with Crippen molar-refractivity contribution in [1.29, 1.82) is 0 Å². The van der Waals surface area contributed by atoms with Crippen LogP contribution < -0.4 is 0 Å². The zero-order valence-electron chi connectivity index (χ0n) is 55.5. The number of halogens is 7. The van der Waals surface area contributed by atoms with Gasteiger partial charge in [-0.3, -0.25) is 0 Å². The Morgan fingerprint density at radius 1 is 0.301 bits per heavy atom. The van der Waals surface area contributed by atoms with Crippen LogP contribution in [0.5, 0.6) is 0 Å². The molecule has 1 aliphatic carbocycles. The zero-order valence-corrected chi connectivity index (χ0v) is 61.6. The molecule has 0 saturated carbocycles. The van der Waals surface area contributed by atoms with Crippen molar-refractivity contribution in [3.8, 4) is 39.1 Å². The lowest BCUT2D eigenvalue weighted by Crippen LogP contribution is -2.14. The standard InChI is InChI=1S/C18H12BrN.C16H9Br.C15H13Br.2C12H9Br.2C6H5Br/c19-16-11-6-10-15-14-9-4-5-12-17(14)20(18(15)16)13-7-2-1-3-8-13;17-14-9-7-12-5-4-10-2-1-3-11-6-8-13(14)16(12)15(10)11;1-15(2)13-6-4-3-5-11(13)12-8-7-10(16)9-14(12)15;13-12-8-4-7-11(9-12)10-5-2-1-3-6-10;13-12-8-6-11(7-9-12)10-4-2-1-3-5-10;2*7-6-4-2-1-3-5-6/h1-12H;1-9H;3-9H,1-2H3;2*1-9H;2*1-5H/i;;;;;1D,2D,3D,4D,5D;. The van der Waals surface area contributed by atoms with Crippen LogP contribution in [-0.2, 0) is 5.41 Å². The largest absolute Gasteiger partial charge is 0.308 e. The van der Waals surface area contributed by atoms with Crippen LogP contribution in [0.15, 0.2) is 371 Å². The molecule has 1 aromatic heterocycles. The summed E-state index contributed by atoms with van der Waals surface area (Å²) in [6, 6.07) is 106. The second-order valence-corrected chi connectivity index (χ2v) is 28.2. The smallest absolute Gasteiger partial charge is 0.0683 e. The summed E-state index contributed by atoms with van der Waals surface area (Å²) in [5.74, 6) is 0. The summed E-state index contributed by atoms with van der Waals surface area (Å²) in [4.78, 5) is 0. The molecule has 8 heteroatoms. The first-order valence-electron chi connectivity index (χ1n) is 32.4. The predicted octanol–water partition coefficient (Wildman–Crippen LogP) is 28.8. The van der Waals surface area contributed by atoms with Crippen LogP contribution >= 0.6 is 112 Å². The molecule has 0 spiro atoms. The van der Waals surface area contributed by atoms with Gasteiger partial charge in [-0.2, -0.15) is 0 Å². The third-order valence-corrected chi connectivity index (χ3v) is 19.5. The summed E-state index contributed by atoms with van der Waals surface area (Å²) in [6.45, 7) is 4.59. The van der Waals surface area contributed by atoms with Crippen LogP contribution in [0.3, 0.4) is 0 Å². The lowest BCUT2D eigenvalue weighted by Gasteiger charge is -2.21. The van der Waals surface area contributed by atoms with E-state index in [9.17, 15) is 0 Å². The van der Waals surface area contributed by atoms with E-state index >= 15 is 0 Å². The summed E-state index contributed by atoms with van der Waals surface area (Å²) < 4.78 is 45.4. The Balaban J connectivity index is 0.000000118. The fourth-order valence-corrected chi connectivity index (χ4v) is 14.0. The Morgan fingerprint density at radius 2 is 0.774 bits per heavy atom. The van der Waals surface area contributed by atoms with Gasteiger partial charge < -0.3 is 4.57 Å². The summed E-state index contributed by atoms with van der Waals surface area (Å²) >= 11 is 24.0. The van der Waals surface area contributed by atoms with Crippen LogP contribution in [0.25, 0.3) is 93.2 Å². The fourth-order valence-electron chi connectivity index (χ4n) is 11.4. The van der Waals surface area contributed by atoms with Gasteiger partial charge in [-0.25, -0.2) is 0 Å². The van der Waals surface area contributed by atoms with E-state index in [0.717, 1.165) is 22.4 Å². The van der Waals surface area contributed by atoms with E-state index in [1.807, 2.05) is 60.7 Å². The van der Waals surface area contributed by atoms with Crippen molar-refractivity contribution in [3.05, 3.63) is 382 Å². The Bertz CT molecular complexity index is 5260. The van der Waals surface area contributed by atoms with E-state index in [0.29, 0.717) is 0 Å². The molecular weight excluding hydrogens is 1590 g/mol. The fraction of sp³-hybridized carbons (Fsp3) is 0.0353. The number of benzene rings is 15. The van der Waals surface area contributed by atoms with Crippen molar-refractivity contribution in [2.24, 2.45) is 0 Å². The Kier molecular flexibility index (Phi) is 20.9. The van der Waals surface area contributed by atoms with Crippen LogP contribution in [-0.4, -0.2) is 4.57 Å². The maximum absolute atomic E-state index is 7.26. The highest BCUT2D eigenvalue weighted by molar-refractivity contribution is 9.11. The monoisotopic (exact) mass is 1650 g/mol. The molecule has 15 aromatic carbocycles. The molecule has 16 aromatic rings. The number of para-hydroxylation sites is 3. The van der Waals surface area contributed by atoms with E-state index in [1.54, 1.807) is 0 Å². The van der Waals surface area contributed by atoms with Crippen molar-refractivity contribution < 1.29 is 6.85 Å². The van der Waals surface area contributed by atoms with Crippen LogP contribution in [0, 0.1) is 0 Å². The molecule has 0 N–H and O–H groups in total. The zero-order chi connectivity index (χ0) is 69.0. The second-order valence-electron chi connectivity index (χ2n) is 22.1. The third kappa shape index (κ3) is 16.5. The first-order chi connectivity index (χ1) is 47.4. The topological polar surface area (TPSA) is 4.93 Å². The number of rotatable bonds is 3. The second kappa shape index (κ2) is 32.1. The van der Waals surface area contributed by atoms with Crippen molar-refractivity contribution in [3.63, 3.8) is 0 Å². The average Bonchev–Trinajstić information content (AvgIpc) is 1.57. The van der Waals surface area contributed by atoms with Gasteiger partial charge in [-0.15, -0.1) is 0 Å². The molecule has 456 valence electrons. The molecule has 0 bridgehead atoms. The molecule has 1 aliphatic rings. The van der Waals surface area contributed by atoms with Crippen molar-refractivity contribution in [2.75, 3.05) is 0 Å². The molecule has 1 nitrogen and oxygen atoms in total. The summed E-state index contributed by atoms with van der Waals surface area (Å²) in [7, 11) is 0. The minimum Gasteiger partial charge on any atom is -0.308 e. The van der Waals surface area contributed by atoms with Gasteiger partial charge in [0.15, 0.2) is 0 Å². The molecule has 0 atom stereocenters. The van der Waals surface area contributed by atoms with Gasteiger partial charge in [0.1, 0.15) is 0 Å². The van der Waals surface area contributed by atoms with Crippen molar-refractivity contribution in [2.45, 2.75) is 19.3 Å². The molecule has 0 radical (unpaired) electrons. The van der Waals surface area contributed by atoms with Gasteiger partial charge in [0.05, 0.1) is 17.9 Å². The average molecular weight is 1660 g/mol. The summed E-state index contributed by atoms with van der Waals surface area (Å²) in [5, 5.41) is 10.6. The van der Waals surface area contributed by atoms with Gasteiger partial charge in [0.25, 0.3) is 0 Å². The minimum atomic E-state index is -0.367. The summed E-state index contributed by atoms with van der Waals surface area (Å²) in [5.41, 5.74) is 14.4. The Morgan fingerprint density at radius 3 is 1.43 bits per heavy atom. The van der Waals surface area contributed by atoms with E-state index < -0.39 is 0 Å². The number of hydrogen-bond donors (Lipinski definition) is 0. The maximum atomic E-state index is 7.26. The molecule has 93 heavy (non-hydrogen) atoms.